The van der Waals surface area contributed by atoms with Gasteiger partial charge in [0.05, 0.1) is 6.26 Å². The molecule has 1 aliphatic heterocycles. The van der Waals surface area contributed by atoms with Crippen molar-refractivity contribution in [2.45, 2.75) is 18.9 Å². The van der Waals surface area contributed by atoms with E-state index in [0.29, 0.717) is 25.1 Å². The Morgan fingerprint density at radius 3 is 2.65 bits per heavy atom. The molecule has 0 unspecified atom stereocenters. The molecule has 1 saturated heterocycles. The van der Waals surface area contributed by atoms with Crippen LogP contribution in [0.3, 0.4) is 0 Å². The van der Waals surface area contributed by atoms with Crippen LogP contribution in [-0.2, 0) is 14.8 Å². The number of benzene rings is 1. The van der Waals surface area contributed by atoms with Crippen LogP contribution in [0.15, 0.2) is 48.8 Å². The Balaban J connectivity index is 1.77. The Bertz CT molecular complexity index is 800. The monoisotopic (exact) mass is 333 g/mol. The zero-order chi connectivity index (χ0) is 16.4. The Kier molecular flexibility index (Phi) is 4.23. The third-order valence-corrected chi connectivity index (χ3v) is 5.24. The number of nitrogens with one attached hydrogen (secondary N) is 1. The molecule has 1 fully saturated rings. The van der Waals surface area contributed by atoms with Crippen molar-refractivity contribution in [3.05, 3.63) is 48.8 Å². The van der Waals surface area contributed by atoms with Crippen LogP contribution in [0.2, 0.25) is 0 Å². The van der Waals surface area contributed by atoms with Crippen LogP contribution in [0.25, 0.3) is 5.69 Å². The summed E-state index contributed by atoms with van der Waals surface area (Å²) in [5.74, 6) is -0.280. The number of amides is 1. The summed E-state index contributed by atoms with van der Waals surface area (Å²) in [7, 11) is -3.36. The van der Waals surface area contributed by atoms with E-state index in [-0.39, 0.29) is 5.91 Å². The van der Waals surface area contributed by atoms with Crippen LogP contribution in [-0.4, -0.2) is 42.0 Å². The minimum Gasteiger partial charge on any atom is -0.325 e. The Hall–Kier alpha value is -2.12. The predicted octanol–water partition coefficient (Wildman–Crippen LogP) is 1.84. The molecule has 0 spiro atoms. The number of hydrogen-bond donors (Lipinski definition) is 1. The molecule has 1 aromatic heterocycles. The molecular weight excluding hydrogens is 314 g/mol. The molecule has 1 amide bonds. The summed E-state index contributed by atoms with van der Waals surface area (Å²) in [5.41, 5.74) is 1.58. The first-order valence-corrected chi connectivity index (χ1v) is 9.31. The van der Waals surface area contributed by atoms with E-state index in [9.17, 15) is 13.2 Å². The average molecular weight is 333 g/mol. The lowest BCUT2D eigenvalue weighted by Gasteiger charge is -2.21. The van der Waals surface area contributed by atoms with Crippen LogP contribution < -0.4 is 5.32 Å². The maximum Gasteiger partial charge on any atom is 0.242 e. The molecule has 0 aliphatic carbocycles. The first kappa shape index (κ1) is 15.8. The van der Waals surface area contributed by atoms with Crippen molar-refractivity contribution >= 4 is 21.6 Å². The molecule has 2 heterocycles. The molecule has 23 heavy (non-hydrogen) atoms. The molecule has 0 saturated carbocycles. The first-order valence-electron chi connectivity index (χ1n) is 7.46. The van der Waals surface area contributed by atoms with E-state index in [1.807, 2.05) is 47.3 Å². The van der Waals surface area contributed by atoms with Gasteiger partial charge in [0.15, 0.2) is 0 Å². The second-order valence-corrected chi connectivity index (χ2v) is 7.60. The molecule has 7 heteroatoms. The van der Waals surface area contributed by atoms with Crippen LogP contribution in [0, 0.1) is 0 Å². The van der Waals surface area contributed by atoms with Crippen LogP contribution in [0.4, 0.5) is 5.69 Å². The zero-order valence-corrected chi connectivity index (χ0v) is 13.7. The van der Waals surface area contributed by atoms with E-state index in [2.05, 4.69) is 5.32 Å². The van der Waals surface area contributed by atoms with Gasteiger partial charge in [0.2, 0.25) is 15.9 Å². The molecule has 1 atom stereocenters. The fourth-order valence-electron chi connectivity index (χ4n) is 2.88. The van der Waals surface area contributed by atoms with Crippen molar-refractivity contribution in [3.8, 4) is 5.69 Å². The number of nitrogens with zero attached hydrogens (tertiary/aromatic N) is 2. The summed E-state index contributed by atoms with van der Waals surface area (Å²) in [5, 5.41) is 2.83. The van der Waals surface area contributed by atoms with Gasteiger partial charge in [-0.05, 0) is 43.2 Å². The van der Waals surface area contributed by atoms with Gasteiger partial charge in [-0.15, -0.1) is 0 Å². The van der Waals surface area contributed by atoms with Crippen LogP contribution in [0.5, 0.6) is 0 Å². The molecule has 122 valence electrons. The minimum atomic E-state index is -3.36. The lowest BCUT2D eigenvalue weighted by atomic mass is 10.2. The lowest BCUT2D eigenvalue weighted by Crippen LogP contribution is -2.42. The fraction of sp³-hybridized carbons (Fsp3) is 0.312. The van der Waals surface area contributed by atoms with E-state index in [4.69, 9.17) is 0 Å². The highest BCUT2D eigenvalue weighted by molar-refractivity contribution is 7.88. The summed E-state index contributed by atoms with van der Waals surface area (Å²) >= 11 is 0. The molecule has 0 radical (unpaired) electrons. The second-order valence-electron chi connectivity index (χ2n) is 5.66. The molecule has 1 aliphatic rings. The van der Waals surface area contributed by atoms with Gasteiger partial charge >= 0.3 is 0 Å². The van der Waals surface area contributed by atoms with Gasteiger partial charge in [-0.1, -0.05) is 6.07 Å². The Morgan fingerprint density at radius 2 is 1.96 bits per heavy atom. The highest BCUT2D eigenvalue weighted by atomic mass is 32.2. The van der Waals surface area contributed by atoms with E-state index in [0.717, 1.165) is 11.9 Å². The summed E-state index contributed by atoms with van der Waals surface area (Å²) in [6.45, 7) is 0.403. The second kappa shape index (κ2) is 6.17. The van der Waals surface area contributed by atoms with Gasteiger partial charge < -0.3 is 9.88 Å². The lowest BCUT2D eigenvalue weighted by molar-refractivity contribution is -0.119. The van der Waals surface area contributed by atoms with Crippen molar-refractivity contribution in [2.75, 3.05) is 18.1 Å². The smallest absolute Gasteiger partial charge is 0.242 e. The van der Waals surface area contributed by atoms with E-state index in [1.54, 1.807) is 6.07 Å². The van der Waals surface area contributed by atoms with E-state index in [1.165, 1.54) is 4.31 Å². The Morgan fingerprint density at radius 1 is 1.22 bits per heavy atom. The molecular formula is C16H19N3O3S. The zero-order valence-electron chi connectivity index (χ0n) is 12.8. The third kappa shape index (κ3) is 3.46. The quantitative estimate of drug-likeness (QED) is 0.928. The standard InChI is InChI=1S/C16H19N3O3S/c1-23(21,22)19-11-5-8-15(19)16(20)17-13-6-4-7-14(12-13)18-9-2-3-10-18/h2-4,6-7,9-10,12,15H,5,8,11H2,1H3,(H,17,20)/t15-/m0/s1. The van der Waals surface area contributed by atoms with Crippen molar-refractivity contribution in [3.63, 3.8) is 0 Å². The molecule has 1 N–H and O–H groups in total. The maximum absolute atomic E-state index is 12.4. The first-order chi connectivity index (χ1) is 10.9. The molecule has 2 aromatic rings. The van der Waals surface area contributed by atoms with Crippen LogP contribution >= 0.6 is 0 Å². The topological polar surface area (TPSA) is 71.4 Å². The van der Waals surface area contributed by atoms with Crippen molar-refractivity contribution in [1.29, 1.82) is 0 Å². The number of anilines is 1. The van der Waals surface area contributed by atoms with Crippen LogP contribution in [0.1, 0.15) is 12.8 Å². The summed E-state index contributed by atoms with van der Waals surface area (Å²) in [4.78, 5) is 12.4. The van der Waals surface area contributed by atoms with Gasteiger partial charge in [-0.2, -0.15) is 4.31 Å². The van der Waals surface area contributed by atoms with Crippen molar-refractivity contribution in [1.82, 2.24) is 8.87 Å². The number of aromatic nitrogens is 1. The van der Waals surface area contributed by atoms with Gasteiger partial charge in [-0.3, -0.25) is 4.79 Å². The van der Waals surface area contributed by atoms with Crippen molar-refractivity contribution in [2.24, 2.45) is 0 Å². The predicted molar refractivity (Wildman–Crippen MR) is 89.0 cm³/mol. The highest BCUT2D eigenvalue weighted by Crippen LogP contribution is 2.22. The van der Waals surface area contributed by atoms with Gasteiger partial charge in [-0.25, -0.2) is 8.42 Å². The Labute approximate surface area is 135 Å². The number of carbonyl (C=O) groups excluding carboxylic acids is 1. The van der Waals surface area contributed by atoms with Crippen molar-refractivity contribution < 1.29 is 13.2 Å². The summed E-state index contributed by atoms with van der Waals surface area (Å²) in [6.07, 6.45) is 6.24. The average Bonchev–Trinajstić information content (AvgIpc) is 3.18. The molecule has 6 nitrogen and oxygen atoms in total. The molecule has 0 bridgehead atoms. The molecule has 1 aromatic carbocycles. The number of carbonyl (C=O) groups is 1. The molecule has 3 rings (SSSR count). The van der Waals surface area contributed by atoms with Gasteiger partial charge in [0, 0.05) is 30.3 Å². The van der Waals surface area contributed by atoms with E-state index >= 15 is 0 Å². The normalized spacial score (nSPS) is 18.9. The summed E-state index contributed by atoms with van der Waals surface area (Å²) < 4.78 is 26.7. The summed E-state index contributed by atoms with van der Waals surface area (Å²) in [6, 6.07) is 10.7. The largest absolute Gasteiger partial charge is 0.325 e. The van der Waals surface area contributed by atoms with Gasteiger partial charge in [0.1, 0.15) is 6.04 Å². The SMILES string of the molecule is CS(=O)(=O)N1CCC[C@H]1C(=O)Nc1cccc(-n2cccc2)c1. The third-order valence-electron chi connectivity index (χ3n) is 3.95. The maximum atomic E-state index is 12.4. The fourth-order valence-corrected chi connectivity index (χ4v) is 4.00. The van der Waals surface area contributed by atoms with E-state index < -0.39 is 16.1 Å². The minimum absolute atomic E-state index is 0.280. The number of hydrogen-bond acceptors (Lipinski definition) is 3. The van der Waals surface area contributed by atoms with Gasteiger partial charge in [0.25, 0.3) is 0 Å². The number of rotatable bonds is 4. The number of sulfonamides is 1. The highest BCUT2D eigenvalue weighted by Gasteiger charge is 2.36.